The molecular formula is C17H28N4O. The molecule has 1 saturated carbocycles. The van der Waals surface area contributed by atoms with E-state index < -0.39 is 0 Å². The summed E-state index contributed by atoms with van der Waals surface area (Å²) in [5.41, 5.74) is 0. The van der Waals surface area contributed by atoms with Gasteiger partial charge >= 0.3 is 0 Å². The fourth-order valence-electron chi connectivity index (χ4n) is 3.71. The second-order valence-electron chi connectivity index (χ2n) is 6.94. The summed E-state index contributed by atoms with van der Waals surface area (Å²) >= 11 is 0. The van der Waals surface area contributed by atoms with Gasteiger partial charge in [0, 0.05) is 19.2 Å². The molecule has 0 aromatic carbocycles. The zero-order chi connectivity index (χ0) is 15.4. The molecule has 0 amide bonds. The molecule has 122 valence electrons. The Bertz CT molecular complexity index is 473. The SMILES string of the molecule is CC1CCC(CNc2cc(N3CCCC3CO)ncn2)CC1. The number of rotatable bonds is 5. The van der Waals surface area contributed by atoms with Gasteiger partial charge in [0.05, 0.1) is 12.6 Å². The van der Waals surface area contributed by atoms with Gasteiger partial charge in [-0.05, 0) is 37.5 Å². The maximum atomic E-state index is 9.46. The first kappa shape index (κ1) is 15.5. The summed E-state index contributed by atoms with van der Waals surface area (Å²) in [6.45, 7) is 4.54. The van der Waals surface area contributed by atoms with E-state index in [4.69, 9.17) is 0 Å². The van der Waals surface area contributed by atoms with Crippen molar-refractivity contribution in [1.29, 1.82) is 0 Å². The lowest BCUT2D eigenvalue weighted by atomic mass is 9.83. The summed E-state index contributed by atoms with van der Waals surface area (Å²) in [4.78, 5) is 10.9. The van der Waals surface area contributed by atoms with Gasteiger partial charge in [0.1, 0.15) is 18.0 Å². The Kier molecular flexibility index (Phi) is 5.13. The molecule has 2 fully saturated rings. The van der Waals surface area contributed by atoms with Crippen molar-refractivity contribution in [3.63, 3.8) is 0 Å². The van der Waals surface area contributed by atoms with Crippen molar-refractivity contribution >= 4 is 11.6 Å². The van der Waals surface area contributed by atoms with Gasteiger partial charge in [-0.15, -0.1) is 0 Å². The Labute approximate surface area is 133 Å². The minimum absolute atomic E-state index is 0.201. The topological polar surface area (TPSA) is 61.3 Å². The van der Waals surface area contributed by atoms with Gasteiger partial charge in [-0.3, -0.25) is 0 Å². The second-order valence-corrected chi connectivity index (χ2v) is 6.94. The first-order chi connectivity index (χ1) is 10.8. The summed E-state index contributed by atoms with van der Waals surface area (Å²) < 4.78 is 0. The van der Waals surface area contributed by atoms with Crippen molar-refractivity contribution in [1.82, 2.24) is 9.97 Å². The molecule has 1 atom stereocenters. The number of aliphatic hydroxyl groups is 1. The summed E-state index contributed by atoms with van der Waals surface area (Å²) in [7, 11) is 0. The summed E-state index contributed by atoms with van der Waals surface area (Å²) in [5, 5.41) is 12.9. The van der Waals surface area contributed by atoms with Crippen LogP contribution in [0.25, 0.3) is 0 Å². The van der Waals surface area contributed by atoms with Crippen molar-refractivity contribution in [3.05, 3.63) is 12.4 Å². The molecule has 1 aliphatic carbocycles. The van der Waals surface area contributed by atoms with Crippen molar-refractivity contribution in [2.45, 2.75) is 51.5 Å². The van der Waals surface area contributed by atoms with Crippen LogP contribution in [-0.4, -0.2) is 40.8 Å². The van der Waals surface area contributed by atoms with Crippen LogP contribution in [0, 0.1) is 11.8 Å². The molecule has 0 radical (unpaired) electrons. The zero-order valence-corrected chi connectivity index (χ0v) is 13.5. The first-order valence-corrected chi connectivity index (χ1v) is 8.69. The number of aromatic nitrogens is 2. The van der Waals surface area contributed by atoms with Gasteiger partial charge < -0.3 is 15.3 Å². The summed E-state index contributed by atoms with van der Waals surface area (Å²) in [6, 6.07) is 2.24. The average molecular weight is 304 g/mol. The zero-order valence-electron chi connectivity index (χ0n) is 13.5. The van der Waals surface area contributed by atoms with Crippen LogP contribution in [0.1, 0.15) is 45.4 Å². The maximum absolute atomic E-state index is 9.46. The number of nitrogens with one attached hydrogen (secondary N) is 1. The molecule has 0 bridgehead atoms. The highest BCUT2D eigenvalue weighted by Crippen LogP contribution is 2.29. The second kappa shape index (κ2) is 7.27. The van der Waals surface area contributed by atoms with Crippen LogP contribution in [0.5, 0.6) is 0 Å². The van der Waals surface area contributed by atoms with E-state index in [-0.39, 0.29) is 12.6 Å². The predicted molar refractivity (Wildman–Crippen MR) is 89.1 cm³/mol. The van der Waals surface area contributed by atoms with Crippen LogP contribution >= 0.6 is 0 Å². The standard InChI is InChI=1S/C17H28N4O/c1-13-4-6-14(7-5-13)10-18-16-9-17(20-12-19-16)21-8-2-3-15(21)11-22/h9,12-15,22H,2-8,10-11H2,1H3,(H,18,19,20). The molecule has 5 heteroatoms. The van der Waals surface area contributed by atoms with Gasteiger partial charge in [-0.2, -0.15) is 0 Å². The molecule has 1 aromatic heterocycles. The number of nitrogens with zero attached hydrogens (tertiary/aromatic N) is 3. The molecule has 2 aliphatic rings. The average Bonchev–Trinajstić information content (AvgIpc) is 3.03. The molecule has 2 heterocycles. The molecule has 1 aliphatic heterocycles. The van der Waals surface area contributed by atoms with Gasteiger partial charge in [0.2, 0.25) is 0 Å². The molecule has 1 saturated heterocycles. The highest BCUT2D eigenvalue weighted by Gasteiger charge is 2.25. The number of anilines is 2. The van der Waals surface area contributed by atoms with Crippen molar-refractivity contribution in [2.24, 2.45) is 11.8 Å². The van der Waals surface area contributed by atoms with Crippen molar-refractivity contribution in [2.75, 3.05) is 29.9 Å². The van der Waals surface area contributed by atoms with Crippen molar-refractivity contribution < 1.29 is 5.11 Å². The highest BCUT2D eigenvalue weighted by atomic mass is 16.3. The number of hydrogen-bond acceptors (Lipinski definition) is 5. The van der Waals surface area contributed by atoms with E-state index in [1.54, 1.807) is 6.33 Å². The smallest absolute Gasteiger partial charge is 0.134 e. The molecule has 5 nitrogen and oxygen atoms in total. The lowest BCUT2D eigenvalue weighted by Gasteiger charge is -2.27. The van der Waals surface area contributed by atoms with Gasteiger partial charge in [0.15, 0.2) is 0 Å². The Morgan fingerprint density at radius 3 is 2.82 bits per heavy atom. The third kappa shape index (κ3) is 3.69. The van der Waals surface area contributed by atoms with Crippen LogP contribution in [0.2, 0.25) is 0 Å². The van der Waals surface area contributed by atoms with E-state index >= 15 is 0 Å². The van der Waals surface area contributed by atoms with Crippen LogP contribution in [0.15, 0.2) is 12.4 Å². The molecule has 0 spiro atoms. The molecule has 2 N–H and O–H groups in total. The normalized spacial score (nSPS) is 28.8. The first-order valence-electron chi connectivity index (χ1n) is 8.69. The molecule has 3 rings (SSSR count). The number of hydrogen-bond donors (Lipinski definition) is 2. The Hall–Kier alpha value is -1.36. The molecule has 1 unspecified atom stereocenters. The van der Waals surface area contributed by atoms with Crippen molar-refractivity contribution in [3.8, 4) is 0 Å². The summed E-state index contributed by atoms with van der Waals surface area (Å²) in [6.07, 6.45) is 9.16. The van der Waals surface area contributed by atoms with Crippen LogP contribution in [0.4, 0.5) is 11.6 Å². The fourth-order valence-corrected chi connectivity index (χ4v) is 3.71. The largest absolute Gasteiger partial charge is 0.394 e. The number of aliphatic hydroxyl groups excluding tert-OH is 1. The van der Waals surface area contributed by atoms with E-state index in [9.17, 15) is 5.11 Å². The third-order valence-electron chi connectivity index (χ3n) is 5.24. The third-order valence-corrected chi connectivity index (χ3v) is 5.24. The van der Waals surface area contributed by atoms with E-state index in [2.05, 4.69) is 27.1 Å². The molecule has 1 aromatic rings. The summed E-state index contributed by atoms with van der Waals surface area (Å²) in [5.74, 6) is 3.51. The predicted octanol–water partition coefficient (Wildman–Crippen LogP) is 2.68. The Morgan fingerprint density at radius 2 is 2.05 bits per heavy atom. The van der Waals surface area contributed by atoms with Crippen LogP contribution < -0.4 is 10.2 Å². The van der Waals surface area contributed by atoms with Gasteiger partial charge in [-0.1, -0.05) is 19.8 Å². The Morgan fingerprint density at radius 1 is 1.23 bits per heavy atom. The van der Waals surface area contributed by atoms with E-state index in [1.807, 2.05) is 6.07 Å². The minimum Gasteiger partial charge on any atom is -0.394 e. The van der Waals surface area contributed by atoms with E-state index in [0.29, 0.717) is 0 Å². The monoisotopic (exact) mass is 304 g/mol. The van der Waals surface area contributed by atoms with E-state index in [1.165, 1.54) is 25.7 Å². The highest BCUT2D eigenvalue weighted by molar-refractivity contribution is 5.49. The molecule has 22 heavy (non-hydrogen) atoms. The lowest BCUT2D eigenvalue weighted by molar-refractivity contribution is 0.266. The van der Waals surface area contributed by atoms with E-state index in [0.717, 1.165) is 49.4 Å². The molecular weight excluding hydrogens is 276 g/mol. The van der Waals surface area contributed by atoms with Crippen LogP contribution in [0.3, 0.4) is 0 Å². The quantitative estimate of drug-likeness (QED) is 0.876. The fraction of sp³-hybridized carbons (Fsp3) is 0.765. The maximum Gasteiger partial charge on any atom is 0.134 e. The van der Waals surface area contributed by atoms with Gasteiger partial charge in [0.25, 0.3) is 0 Å². The lowest BCUT2D eigenvalue weighted by Crippen LogP contribution is -2.32. The van der Waals surface area contributed by atoms with Crippen LogP contribution in [-0.2, 0) is 0 Å². The minimum atomic E-state index is 0.201. The Balaban J connectivity index is 1.57. The van der Waals surface area contributed by atoms with Gasteiger partial charge in [-0.25, -0.2) is 9.97 Å².